The van der Waals surface area contributed by atoms with Crippen molar-refractivity contribution in [1.82, 2.24) is 14.7 Å². The van der Waals surface area contributed by atoms with E-state index >= 15 is 0 Å². The maximum atomic E-state index is 14.6. The van der Waals surface area contributed by atoms with Gasteiger partial charge in [-0.1, -0.05) is 37.3 Å². The summed E-state index contributed by atoms with van der Waals surface area (Å²) in [4.78, 5) is 50.8. The third kappa shape index (κ3) is 5.22. The van der Waals surface area contributed by atoms with Gasteiger partial charge < -0.3 is 29.3 Å². The number of hydrogen-bond donors (Lipinski definition) is 1. The van der Waals surface area contributed by atoms with Gasteiger partial charge >= 0.3 is 0 Å². The molecule has 234 valence electrons. The molecule has 1 spiro atoms. The Morgan fingerprint density at radius 1 is 1.14 bits per heavy atom. The van der Waals surface area contributed by atoms with Gasteiger partial charge in [0, 0.05) is 45.0 Å². The van der Waals surface area contributed by atoms with E-state index in [1.807, 2.05) is 44.2 Å². The van der Waals surface area contributed by atoms with E-state index in [4.69, 9.17) is 9.47 Å². The smallest absolute Gasteiger partial charge is 0.248 e. The number of rotatable bonds is 12. The number of benzene rings is 1. The fraction of sp³-hybridized carbons (Fsp3) is 0.606. The predicted octanol–water partition coefficient (Wildman–Crippen LogP) is 1.94. The second-order valence-corrected chi connectivity index (χ2v) is 12.6. The number of hydrogen-bond acceptors (Lipinski definition) is 7. The molecule has 0 aliphatic carbocycles. The molecule has 3 amide bonds. The van der Waals surface area contributed by atoms with E-state index in [2.05, 4.69) is 18.1 Å². The molecule has 0 saturated carbocycles. The fourth-order valence-corrected chi connectivity index (χ4v) is 7.83. The maximum absolute atomic E-state index is 14.6. The highest BCUT2D eigenvalue weighted by Gasteiger charge is 2.80. The number of para-hydroxylation sites is 1. The lowest BCUT2D eigenvalue weighted by molar-refractivity contribution is -0.155. The molecule has 2 bridgehead atoms. The number of fused-ring (bicyclic) bond motifs is 1. The lowest BCUT2D eigenvalue weighted by Gasteiger charge is -2.39. The average Bonchev–Trinajstić information content (AvgIpc) is 3.54. The Morgan fingerprint density at radius 3 is 2.44 bits per heavy atom. The minimum absolute atomic E-state index is 0.0901. The molecule has 0 radical (unpaired) electrons. The van der Waals surface area contributed by atoms with E-state index < -0.39 is 35.1 Å². The molecule has 4 aliphatic rings. The molecule has 3 unspecified atom stereocenters. The number of likely N-dealkylation sites (tertiary alicyclic amines) is 1. The van der Waals surface area contributed by atoms with Gasteiger partial charge in [-0.2, -0.15) is 0 Å². The van der Waals surface area contributed by atoms with Crippen LogP contribution in [-0.2, 0) is 23.9 Å². The fourth-order valence-electron chi connectivity index (χ4n) is 7.83. The molecule has 1 N–H and O–H groups in total. The first kappa shape index (κ1) is 31.4. The third-order valence-electron chi connectivity index (χ3n) is 10.1. The number of anilines is 1. The molecule has 4 heterocycles. The Kier molecular flexibility index (Phi) is 9.13. The number of morpholine rings is 1. The number of carbonyl (C=O) groups excluding carboxylic acids is 3. The largest absolute Gasteiger partial charge is 0.394 e. The molecule has 1 aromatic rings. The summed E-state index contributed by atoms with van der Waals surface area (Å²) in [5.74, 6) is -2.53. The van der Waals surface area contributed by atoms with Crippen molar-refractivity contribution in [1.29, 1.82) is 0 Å². The van der Waals surface area contributed by atoms with Crippen molar-refractivity contribution in [2.75, 3.05) is 64.0 Å². The summed E-state index contributed by atoms with van der Waals surface area (Å²) in [6.45, 7) is 17.7. The third-order valence-corrected chi connectivity index (χ3v) is 10.1. The van der Waals surface area contributed by atoms with E-state index in [0.29, 0.717) is 45.0 Å². The molecule has 4 aliphatic heterocycles. The second-order valence-electron chi connectivity index (χ2n) is 12.6. The lowest BCUT2D eigenvalue weighted by atomic mass is 9.62. The van der Waals surface area contributed by atoms with E-state index in [1.54, 1.807) is 28.9 Å². The molecule has 43 heavy (non-hydrogen) atoms. The first-order valence-corrected chi connectivity index (χ1v) is 15.4. The van der Waals surface area contributed by atoms with Crippen LogP contribution in [0.2, 0.25) is 0 Å². The van der Waals surface area contributed by atoms with Gasteiger partial charge in [0.2, 0.25) is 17.7 Å². The number of carbonyl (C=O) groups is 3. The zero-order valence-electron chi connectivity index (χ0n) is 25.7. The molecule has 10 nitrogen and oxygen atoms in total. The molecule has 4 fully saturated rings. The standard InChI is InChI=1S/C33H46N4O6/c1-6-13-35(16-15-34-17-19-42-20-18-34)31(41)28-33-21-23(3)32(5,43-33)26(27(33)30(40)37(28)24(4)22-38)29(39)36(14-7-2)25-11-9-8-10-12-25/h6-12,23-24,26-28,38H,1-2,13-22H2,3-5H3/t23?,24-,26-,27+,28?,32+,33?/m1/s1. The number of ether oxygens (including phenoxy) is 2. The van der Waals surface area contributed by atoms with Crippen molar-refractivity contribution in [2.24, 2.45) is 17.8 Å². The molecule has 5 rings (SSSR count). The highest BCUT2D eigenvalue weighted by molar-refractivity contribution is 6.03. The highest BCUT2D eigenvalue weighted by Crippen LogP contribution is 2.65. The summed E-state index contributed by atoms with van der Waals surface area (Å²) in [7, 11) is 0. The van der Waals surface area contributed by atoms with Crippen LogP contribution >= 0.6 is 0 Å². The summed E-state index contributed by atoms with van der Waals surface area (Å²) < 4.78 is 12.4. The number of amides is 3. The lowest BCUT2D eigenvalue weighted by Crippen LogP contribution is -2.59. The zero-order valence-corrected chi connectivity index (χ0v) is 25.7. The summed E-state index contributed by atoms with van der Waals surface area (Å²) >= 11 is 0. The van der Waals surface area contributed by atoms with E-state index in [9.17, 15) is 19.5 Å². The second kappa shape index (κ2) is 12.5. The quantitative estimate of drug-likeness (QED) is 0.369. The Bertz CT molecular complexity index is 1220. The first-order chi connectivity index (χ1) is 20.6. The van der Waals surface area contributed by atoms with Gasteiger partial charge in [0.15, 0.2) is 0 Å². The van der Waals surface area contributed by atoms with Crippen LogP contribution in [0, 0.1) is 17.8 Å². The van der Waals surface area contributed by atoms with Crippen molar-refractivity contribution in [2.45, 2.75) is 50.5 Å². The zero-order chi connectivity index (χ0) is 30.9. The van der Waals surface area contributed by atoms with Crippen molar-refractivity contribution < 1.29 is 29.0 Å². The highest BCUT2D eigenvalue weighted by atomic mass is 16.5. The summed E-state index contributed by atoms with van der Waals surface area (Å²) in [6.07, 6.45) is 3.83. The Morgan fingerprint density at radius 2 is 1.81 bits per heavy atom. The Hall–Kier alpha value is -3.05. The topological polar surface area (TPSA) is 103 Å². The average molecular weight is 595 g/mol. The van der Waals surface area contributed by atoms with Crippen molar-refractivity contribution in [3.8, 4) is 0 Å². The van der Waals surface area contributed by atoms with Crippen molar-refractivity contribution >= 4 is 23.4 Å². The van der Waals surface area contributed by atoms with Crippen LogP contribution in [0.4, 0.5) is 5.69 Å². The molecule has 0 aromatic heterocycles. The van der Waals surface area contributed by atoms with Crippen LogP contribution in [0.1, 0.15) is 27.2 Å². The van der Waals surface area contributed by atoms with Crippen LogP contribution in [0.3, 0.4) is 0 Å². The Balaban J connectivity index is 1.53. The minimum atomic E-state index is -1.19. The molecule has 7 atom stereocenters. The SMILES string of the molecule is C=CCN(CCN1CCOCC1)C(=O)C1N([C@H](C)CO)C(=O)[C@@H]2[C@H](C(=O)N(CC=C)c3ccccc3)[C@@]3(C)OC12CC3C. The predicted molar refractivity (Wildman–Crippen MR) is 163 cm³/mol. The number of nitrogens with zero attached hydrogens (tertiary/aromatic N) is 4. The van der Waals surface area contributed by atoms with E-state index in [-0.39, 0.29) is 36.8 Å². The Labute approximate surface area is 254 Å². The monoisotopic (exact) mass is 594 g/mol. The summed E-state index contributed by atoms with van der Waals surface area (Å²) in [5.41, 5.74) is -1.43. The number of aliphatic hydroxyl groups excluding tert-OH is 1. The summed E-state index contributed by atoms with van der Waals surface area (Å²) in [6, 6.07) is 7.75. The molecule has 1 aromatic carbocycles. The van der Waals surface area contributed by atoms with Crippen LogP contribution in [0.25, 0.3) is 0 Å². The van der Waals surface area contributed by atoms with Gasteiger partial charge in [0.05, 0.1) is 43.3 Å². The van der Waals surface area contributed by atoms with Crippen molar-refractivity contribution in [3.63, 3.8) is 0 Å². The van der Waals surface area contributed by atoms with Gasteiger partial charge in [0.25, 0.3) is 0 Å². The summed E-state index contributed by atoms with van der Waals surface area (Å²) in [5, 5.41) is 10.3. The minimum Gasteiger partial charge on any atom is -0.394 e. The molecule has 10 heteroatoms. The van der Waals surface area contributed by atoms with Gasteiger partial charge in [-0.15, -0.1) is 13.2 Å². The van der Waals surface area contributed by atoms with Crippen LogP contribution < -0.4 is 4.90 Å². The number of aliphatic hydroxyl groups is 1. The van der Waals surface area contributed by atoms with Crippen LogP contribution in [0.15, 0.2) is 55.6 Å². The van der Waals surface area contributed by atoms with Gasteiger partial charge in [-0.3, -0.25) is 19.3 Å². The molecular formula is C33H46N4O6. The molecule has 4 saturated heterocycles. The van der Waals surface area contributed by atoms with Gasteiger partial charge in [-0.05, 0) is 38.3 Å². The van der Waals surface area contributed by atoms with Gasteiger partial charge in [-0.25, -0.2) is 0 Å². The van der Waals surface area contributed by atoms with Gasteiger partial charge in [0.1, 0.15) is 11.6 Å². The maximum Gasteiger partial charge on any atom is 0.248 e. The molecular weight excluding hydrogens is 548 g/mol. The van der Waals surface area contributed by atoms with E-state index in [1.165, 1.54) is 4.90 Å². The van der Waals surface area contributed by atoms with Crippen LogP contribution in [-0.4, -0.2) is 120 Å². The first-order valence-electron chi connectivity index (χ1n) is 15.4. The normalized spacial score (nSPS) is 32.4. The van der Waals surface area contributed by atoms with Crippen LogP contribution in [0.5, 0.6) is 0 Å². The van der Waals surface area contributed by atoms with E-state index in [0.717, 1.165) is 13.1 Å². The van der Waals surface area contributed by atoms with Crippen molar-refractivity contribution in [3.05, 3.63) is 55.6 Å².